The third-order valence-corrected chi connectivity index (χ3v) is 7.13. The SMILES string of the molecule is CC(C)Cn1c(=O)n(C)c(=O)c2c(-c3cccc(OCCO)c3)n(Cc3csc4ccccc34)nc21. The van der Waals surface area contributed by atoms with Crippen LogP contribution < -0.4 is 16.0 Å². The summed E-state index contributed by atoms with van der Waals surface area (Å²) >= 11 is 1.67. The Morgan fingerprint density at radius 1 is 1.11 bits per heavy atom. The highest BCUT2D eigenvalue weighted by molar-refractivity contribution is 7.17. The number of benzene rings is 2. The second-order valence-corrected chi connectivity index (χ2v) is 10.1. The van der Waals surface area contributed by atoms with Crippen LogP contribution in [0, 0.1) is 5.92 Å². The minimum atomic E-state index is -0.381. The van der Waals surface area contributed by atoms with Gasteiger partial charge in [0.25, 0.3) is 5.56 Å². The molecule has 0 saturated carbocycles. The lowest BCUT2D eigenvalue weighted by atomic mass is 10.1. The normalized spacial score (nSPS) is 11.7. The Kier molecular flexibility index (Phi) is 6.51. The molecule has 8 nitrogen and oxygen atoms in total. The fourth-order valence-corrected chi connectivity index (χ4v) is 5.47. The summed E-state index contributed by atoms with van der Waals surface area (Å²) in [5.41, 5.74) is 2.10. The molecule has 0 spiro atoms. The van der Waals surface area contributed by atoms with E-state index in [1.165, 1.54) is 11.7 Å². The largest absolute Gasteiger partial charge is 0.491 e. The standard InChI is InChI=1S/C27H28N4O4S/c1-17(2)14-30-25-23(26(33)29(3)27(30)34)24(18-7-6-8-20(13-18)35-12-11-32)31(28-25)15-19-16-36-22-10-5-4-9-21(19)22/h4-10,13,16-17,32H,11-12,14-15H2,1-3H3. The number of thiophene rings is 1. The van der Waals surface area contributed by atoms with Crippen molar-refractivity contribution in [2.75, 3.05) is 13.2 Å². The highest BCUT2D eigenvalue weighted by Crippen LogP contribution is 2.32. The summed E-state index contributed by atoms with van der Waals surface area (Å²) in [6.07, 6.45) is 0. The lowest BCUT2D eigenvalue weighted by Gasteiger charge is -2.11. The quantitative estimate of drug-likeness (QED) is 0.347. The van der Waals surface area contributed by atoms with E-state index in [1.807, 2.05) is 48.9 Å². The van der Waals surface area contributed by atoms with Crippen LogP contribution in [-0.2, 0) is 20.1 Å². The number of ether oxygens (including phenoxy) is 1. The van der Waals surface area contributed by atoms with Crippen LogP contribution in [0.3, 0.4) is 0 Å². The second-order valence-electron chi connectivity index (χ2n) is 9.21. The van der Waals surface area contributed by atoms with Gasteiger partial charge in [-0.1, -0.05) is 44.2 Å². The fraction of sp³-hybridized carbons (Fsp3) is 0.296. The summed E-state index contributed by atoms with van der Waals surface area (Å²) in [6, 6.07) is 15.6. The highest BCUT2D eigenvalue weighted by atomic mass is 32.1. The van der Waals surface area contributed by atoms with Crippen molar-refractivity contribution in [3.8, 4) is 17.0 Å². The van der Waals surface area contributed by atoms with Crippen LogP contribution in [0.2, 0.25) is 0 Å². The van der Waals surface area contributed by atoms with Gasteiger partial charge in [0.1, 0.15) is 17.7 Å². The summed E-state index contributed by atoms with van der Waals surface area (Å²) in [5, 5.41) is 17.7. The van der Waals surface area contributed by atoms with Gasteiger partial charge in [-0.25, -0.2) is 4.79 Å². The van der Waals surface area contributed by atoms with Crippen LogP contribution in [0.4, 0.5) is 0 Å². The van der Waals surface area contributed by atoms with Crippen LogP contribution in [0.25, 0.3) is 32.4 Å². The molecule has 2 aromatic carbocycles. The molecule has 186 valence electrons. The number of aliphatic hydroxyl groups excluding tert-OH is 1. The summed E-state index contributed by atoms with van der Waals surface area (Å²) in [5.74, 6) is 0.767. The Balaban J connectivity index is 1.79. The van der Waals surface area contributed by atoms with Gasteiger partial charge < -0.3 is 9.84 Å². The zero-order chi connectivity index (χ0) is 25.4. The zero-order valence-electron chi connectivity index (χ0n) is 20.5. The predicted octanol–water partition coefficient (Wildman–Crippen LogP) is 3.85. The molecule has 1 N–H and O–H groups in total. The molecule has 0 radical (unpaired) electrons. The van der Waals surface area contributed by atoms with Crippen LogP contribution in [-0.4, -0.2) is 37.2 Å². The van der Waals surface area contributed by atoms with Crippen molar-refractivity contribution >= 4 is 32.5 Å². The van der Waals surface area contributed by atoms with E-state index < -0.39 is 0 Å². The van der Waals surface area contributed by atoms with E-state index in [0.29, 0.717) is 35.6 Å². The number of hydrogen-bond donors (Lipinski definition) is 1. The number of fused-ring (bicyclic) bond motifs is 2. The maximum Gasteiger partial charge on any atom is 0.332 e. The van der Waals surface area contributed by atoms with Crippen molar-refractivity contribution in [1.29, 1.82) is 0 Å². The average molecular weight is 505 g/mol. The van der Waals surface area contributed by atoms with Gasteiger partial charge in [0.15, 0.2) is 5.65 Å². The minimum absolute atomic E-state index is 0.0989. The second kappa shape index (κ2) is 9.75. The van der Waals surface area contributed by atoms with E-state index in [2.05, 4.69) is 17.5 Å². The molecule has 0 saturated heterocycles. The topological polar surface area (TPSA) is 91.3 Å². The molecule has 0 aliphatic carbocycles. The number of aliphatic hydroxyl groups is 1. The number of rotatable bonds is 8. The monoisotopic (exact) mass is 504 g/mol. The first-order valence-electron chi connectivity index (χ1n) is 11.9. The first-order chi connectivity index (χ1) is 17.4. The van der Waals surface area contributed by atoms with Gasteiger partial charge in [-0.3, -0.25) is 18.6 Å². The van der Waals surface area contributed by atoms with Crippen LogP contribution in [0.1, 0.15) is 19.4 Å². The first-order valence-corrected chi connectivity index (χ1v) is 12.8. The molecule has 0 unspecified atom stereocenters. The molecule has 3 aromatic heterocycles. The van der Waals surface area contributed by atoms with Crippen LogP contribution in [0.15, 0.2) is 63.5 Å². The maximum absolute atomic E-state index is 13.5. The molecule has 0 amide bonds. The smallest absolute Gasteiger partial charge is 0.332 e. The minimum Gasteiger partial charge on any atom is -0.491 e. The molecular formula is C27H28N4O4S. The van der Waals surface area contributed by atoms with Crippen LogP contribution >= 0.6 is 11.3 Å². The van der Waals surface area contributed by atoms with Crippen molar-refractivity contribution in [2.45, 2.75) is 26.9 Å². The predicted molar refractivity (Wildman–Crippen MR) is 143 cm³/mol. The van der Waals surface area contributed by atoms with Gasteiger partial charge in [0.05, 0.1) is 18.8 Å². The lowest BCUT2D eigenvalue weighted by Crippen LogP contribution is -2.38. The third kappa shape index (κ3) is 4.25. The van der Waals surface area contributed by atoms with E-state index in [-0.39, 0.29) is 30.4 Å². The van der Waals surface area contributed by atoms with Crippen molar-refractivity contribution in [1.82, 2.24) is 18.9 Å². The lowest BCUT2D eigenvalue weighted by molar-refractivity contribution is 0.201. The van der Waals surface area contributed by atoms with Crippen LogP contribution in [0.5, 0.6) is 5.75 Å². The van der Waals surface area contributed by atoms with Crippen molar-refractivity contribution < 1.29 is 9.84 Å². The molecule has 0 bridgehead atoms. The Hall–Kier alpha value is -3.69. The molecule has 0 aliphatic rings. The van der Waals surface area contributed by atoms with Gasteiger partial charge in [0.2, 0.25) is 0 Å². The molecule has 3 heterocycles. The molecule has 36 heavy (non-hydrogen) atoms. The Labute approximate surface area is 211 Å². The third-order valence-electron chi connectivity index (χ3n) is 6.12. The number of nitrogens with zero attached hydrogens (tertiary/aromatic N) is 4. The maximum atomic E-state index is 13.5. The molecule has 0 fully saturated rings. The average Bonchev–Trinajstić information content (AvgIpc) is 3.46. The molecule has 5 rings (SSSR count). The van der Waals surface area contributed by atoms with Gasteiger partial charge >= 0.3 is 5.69 Å². The number of hydrogen-bond acceptors (Lipinski definition) is 6. The van der Waals surface area contributed by atoms with E-state index in [4.69, 9.17) is 9.84 Å². The van der Waals surface area contributed by atoms with Crippen molar-refractivity contribution in [3.05, 3.63) is 80.3 Å². The van der Waals surface area contributed by atoms with E-state index in [9.17, 15) is 14.7 Å². The molecular weight excluding hydrogens is 476 g/mol. The first kappa shape index (κ1) is 24.0. The van der Waals surface area contributed by atoms with E-state index >= 15 is 0 Å². The van der Waals surface area contributed by atoms with Gasteiger partial charge in [-0.2, -0.15) is 5.10 Å². The molecule has 5 aromatic rings. The Morgan fingerprint density at radius 3 is 2.69 bits per heavy atom. The van der Waals surface area contributed by atoms with E-state index in [0.717, 1.165) is 21.1 Å². The molecule has 9 heteroatoms. The fourth-order valence-electron chi connectivity index (χ4n) is 4.51. The Bertz CT molecular complexity index is 1680. The summed E-state index contributed by atoms with van der Waals surface area (Å²) in [7, 11) is 1.51. The van der Waals surface area contributed by atoms with E-state index in [1.54, 1.807) is 22.0 Å². The molecule has 0 atom stereocenters. The summed E-state index contributed by atoms with van der Waals surface area (Å²) in [4.78, 5) is 26.6. The molecule has 0 aliphatic heterocycles. The summed E-state index contributed by atoms with van der Waals surface area (Å²) < 4.78 is 11.4. The Morgan fingerprint density at radius 2 is 1.92 bits per heavy atom. The van der Waals surface area contributed by atoms with Crippen molar-refractivity contribution in [3.63, 3.8) is 0 Å². The van der Waals surface area contributed by atoms with Gasteiger partial charge in [0, 0.05) is 23.9 Å². The van der Waals surface area contributed by atoms with Crippen molar-refractivity contribution in [2.24, 2.45) is 13.0 Å². The summed E-state index contributed by atoms with van der Waals surface area (Å²) in [6.45, 7) is 5.01. The zero-order valence-corrected chi connectivity index (χ0v) is 21.3. The van der Waals surface area contributed by atoms with Gasteiger partial charge in [-0.15, -0.1) is 11.3 Å². The highest BCUT2D eigenvalue weighted by Gasteiger charge is 2.23. The van der Waals surface area contributed by atoms with Gasteiger partial charge in [-0.05, 0) is 40.4 Å². The number of aromatic nitrogens is 4.